The molecule has 0 aromatic carbocycles. The van der Waals surface area contributed by atoms with Crippen molar-refractivity contribution < 1.29 is 66.2 Å². The number of carbonyl (C=O) groups is 6. The molecular weight excluding hydrogens is 956 g/mol. The lowest BCUT2D eigenvalue weighted by Crippen LogP contribution is -2.32. The molecule has 0 saturated carbocycles. The number of amides is 3. The number of nitrogens with zero attached hydrogens (tertiary/aromatic N) is 1. The second-order valence-corrected chi connectivity index (χ2v) is 21.6. The Bertz CT molecular complexity index is 1480. The van der Waals surface area contributed by atoms with E-state index in [1.807, 2.05) is 0 Å². The zero-order chi connectivity index (χ0) is 53.5. The van der Waals surface area contributed by atoms with Crippen LogP contribution >= 0.6 is 7.82 Å². The lowest BCUT2D eigenvalue weighted by Gasteiger charge is -2.25. The van der Waals surface area contributed by atoms with Crippen LogP contribution < -0.4 is 10.2 Å². The summed E-state index contributed by atoms with van der Waals surface area (Å²) >= 11 is 0. The van der Waals surface area contributed by atoms with Gasteiger partial charge >= 0.3 is 11.9 Å². The summed E-state index contributed by atoms with van der Waals surface area (Å²) < 4.78 is 44.3. The first-order valence-corrected chi connectivity index (χ1v) is 30.6. The van der Waals surface area contributed by atoms with Gasteiger partial charge < -0.3 is 38.2 Å². The van der Waals surface area contributed by atoms with Gasteiger partial charge in [0.25, 0.3) is 7.82 Å². The molecule has 1 aliphatic heterocycles. The zero-order valence-electron chi connectivity index (χ0n) is 46.1. The number of likely N-dealkylation sites (tertiary alicyclic amines) is 1. The minimum Gasteiger partial charge on any atom is -0.756 e. The number of hydrogen-bond acceptors (Lipinski definition) is 14. The van der Waals surface area contributed by atoms with Crippen molar-refractivity contribution in [1.82, 2.24) is 10.2 Å². The quantitative estimate of drug-likeness (QED) is 0.0260. The largest absolute Gasteiger partial charge is 0.756 e. The molecular formula is C56H102N2O14P-. The van der Waals surface area contributed by atoms with E-state index in [1.165, 1.54) is 141 Å². The fourth-order valence-corrected chi connectivity index (χ4v) is 9.45. The number of phosphoric ester groups is 1. The van der Waals surface area contributed by atoms with Gasteiger partial charge in [0.2, 0.25) is 17.7 Å². The number of rotatable bonds is 54. The molecule has 0 spiro atoms. The molecule has 73 heavy (non-hydrogen) atoms. The van der Waals surface area contributed by atoms with E-state index in [9.17, 15) is 38.2 Å². The van der Waals surface area contributed by atoms with Crippen LogP contribution in [0.15, 0.2) is 0 Å². The fourth-order valence-electron chi connectivity index (χ4n) is 8.71. The van der Waals surface area contributed by atoms with Crippen LogP contribution in [0.2, 0.25) is 0 Å². The Morgan fingerprint density at radius 3 is 1.52 bits per heavy atom. The molecule has 1 fully saturated rings. The van der Waals surface area contributed by atoms with Crippen molar-refractivity contribution >= 4 is 43.3 Å². The average molecular weight is 1060 g/mol. The van der Waals surface area contributed by atoms with Crippen LogP contribution in [0.5, 0.6) is 0 Å². The van der Waals surface area contributed by atoms with Gasteiger partial charge in [0, 0.05) is 57.7 Å². The van der Waals surface area contributed by atoms with E-state index in [4.69, 9.17) is 28.0 Å². The summed E-state index contributed by atoms with van der Waals surface area (Å²) in [6.45, 7) is 5.05. The Labute approximate surface area is 441 Å². The topological polar surface area (TPSA) is 213 Å². The second kappa shape index (κ2) is 47.7. The van der Waals surface area contributed by atoms with Gasteiger partial charge in [0.1, 0.15) is 19.0 Å². The van der Waals surface area contributed by atoms with E-state index >= 15 is 0 Å². The van der Waals surface area contributed by atoms with Crippen molar-refractivity contribution in [3.05, 3.63) is 0 Å². The van der Waals surface area contributed by atoms with Crippen LogP contribution in [0.1, 0.15) is 252 Å². The van der Waals surface area contributed by atoms with Crippen molar-refractivity contribution in [1.29, 1.82) is 0 Å². The maximum absolute atomic E-state index is 12.8. The number of nitrogens with one attached hydrogen (secondary N) is 1. The molecule has 3 unspecified atom stereocenters. The summed E-state index contributed by atoms with van der Waals surface area (Å²) in [5, 5.41) is 2.49. The lowest BCUT2D eigenvalue weighted by molar-refractivity contribution is -0.228. The number of imide groups is 1. The van der Waals surface area contributed by atoms with Crippen LogP contribution in [0.4, 0.5) is 0 Å². The molecule has 3 amide bonds. The third-order valence-corrected chi connectivity index (χ3v) is 14.2. The van der Waals surface area contributed by atoms with Crippen molar-refractivity contribution in [3.63, 3.8) is 0 Å². The highest BCUT2D eigenvalue weighted by Crippen LogP contribution is 2.38. The van der Waals surface area contributed by atoms with E-state index in [2.05, 4.69) is 19.2 Å². The predicted molar refractivity (Wildman–Crippen MR) is 283 cm³/mol. The Balaban J connectivity index is 2.33. The first-order valence-electron chi connectivity index (χ1n) is 29.1. The molecule has 0 aromatic heterocycles. The van der Waals surface area contributed by atoms with Gasteiger partial charge in [-0.25, -0.2) is 0 Å². The normalized spacial score (nSPS) is 14.9. The molecule has 0 radical (unpaired) electrons. The van der Waals surface area contributed by atoms with Gasteiger partial charge in [0.15, 0.2) is 6.10 Å². The Hall–Kier alpha value is -2.75. The zero-order valence-corrected chi connectivity index (χ0v) is 47.0. The number of hydrogen-bond donors (Lipinski definition) is 1. The van der Waals surface area contributed by atoms with Crippen LogP contribution in [0.3, 0.4) is 0 Å². The first kappa shape index (κ1) is 68.3. The molecule has 426 valence electrons. The van der Waals surface area contributed by atoms with Gasteiger partial charge in [-0.05, 0) is 19.3 Å². The van der Waals surface area contributed by atoms with Crippen LogP contribution in [-0.2, 0) is 61.3 Å². The smallest absolute Gasteiger partial charge is 0.306 e. The molecule has 1 heterocycles. The Kier molecular flexibility index (Phi) is 44.6. The van der Waals surface area contributed by atoms with Gasteiger partial charge in [0.05, 0.1) is 26.4 Å². The minimum atomic E-state index is -4.89. The third kappa shape index (κ3) is 42.1. The fraction of sp³-hybridized carbons (Fsp3) is 0.893. The van der Waals surface area contributed by atoms with Crippen LogP contribution in [-0.4, -0.2) is 106 Å². The van der Waals surface area contributed by atoms with Crippen molar-refractivity contribution in [2.45, 2.75) is 258 Å². The summed E-state index contributed by atoms with van der Waals surface area (Å²) in [5.41, 5.74) is 0. The molecule has 0 bridgehead atoms. The molecule has 16 nitrogen and oxygen atoms in total. The van der Waals surface area contributed by atoms with Gasteiger partial charge in [-0.1, -0.05) is 201 Å². The molecule has 0 aromatic rings. The number of unbranched alkanes of at least 4 members (excludes halogenated alkanes) is 28. The summed E-state index contributed by atoms with van der Waals surface area (Å²) in [5.74, 6) is -2.36. The number of Topliss-reactive ketones (excluding diaryl/α,β-unsaturated/α-hetero) is 1. The van der Waals surface area contributed by atoms with E-state index in [0.717, 1.165) is 43.4 Å². The highest BCUT2D eigenvalue weighted by molar-refractivity contribution is 7.45. The number of carbonyl (C=O) groups excluding carboxylic acids is 6. The molecule has 1 rings (SSSR count). The summed E-state index contributed by atoms with van der Waals surface area (Å²) in [7, 11) is -4.89. The van der Waals surface area contributed by atoms with E-state index < -0.39 is 45.0 Å². The molecule has 1 N–H and O–H groups in total. The van der Waals surface area contributed by atoms with E-state index in [0.29, 0.717) is 25.9 Å². The highest BCUT2D eigenvalue weighted by Gasteiger charge is 2.35. The second-order valence-electron chi connectivity index (χ2n) is 20.2. The van der Waals surface area contributed by atoms with Crippen molar-refractivity contribution in [2.24, 2.45) is 5.92 Å². The van der Waals surface area contributed by atoms with E-state index in [-0.39, 0.29) is 95.1 Å². The third-order valence-electron chi connectivity index (χ3n) is 13.2. The number of ether oxygens (including phenoxy) is 4. The maximum atomic E-state index is 12.8. The average Bonchev–Trinajstić information content (AvgIpc) is 3.61. The van der Waals surface area contributed by atoms with Crippen molar-refractivity contribution in [2.75, 3.05) is 59.3 Å². The highest BCUT2D eigenvalue weighted by atomic mass is 31.2. The molecule has 17 heteroatoms. The van der Waals surface area contributed by atoms with Crippen LogP contribution in [0, 0.1) is 5.92 Å². The van der Waals surface area contributed by atoms with Gasteiger partial charge in [-0.3, -0.25) is 38.2 Å². The summed E-state index contributed by atoms with van der Waals surface area (Å²) in [6.07, 6.45) is 36.5. The lowest BCUT2D eigenvalue weighted by atomic mass is 10.0. The van der Waals surface area contributed by atoms with Crippen molar-refractivity contribution in [3.8, 4) is 0 Å². The maximum Gasteiger partial charge on any atom is 0.306 e. The minimum absolute atomic E-state index is 0.0653. The predicted octanol–water partition coefficient (Wildman–Crippen LogP) is 11.7. The van der Waals surface area contributed by atoms with Crippen LogP contribution in [0.25, 0.3) is 0 Å². The molecule has 3 atom stereocenters. The first-order chi connectivity index (χ1) is 35.4. The Morgan fingerprint density at radius 1 is 0.575 bits per heavy atom. The number of ketones is 1. The van der Waals surface area contributed by atoms with E-state index in [1.54, 1.807) is 6.92 Å². The number of esters is 2. The summed E-state index contributed by atoms with van der Waals surface area (Å²) in [6, 6.07) is 0. The monoisotopic (exact) mass is 1060 g/mol. The SMILES string of the molecule is CCCCCCCCCCCCCCCCCC(=O)OCC(COP(=O)([O-])OCCNC(=O)COCCOCCCC(=O)CCN1C(=O)CC(C)C1=O)OC(=O)CCCCCCCCCCCCCCCCC. The Morgan fingerprint density at radius 2 is 1.04 bits per heavy atom. The number of phosphoric acid groups is 1. The summed E-state index contributed by atoms with van der Waals surface area (Å²) in [4.78, 5) is 87.4. The molecule has 1 saturated heterocycles. The standard InChI is InChI=1S/C56H103N2O14P/c1-4-6-8-10-12-14-16-18-20-22-24-26-28-30-32-36-54(62)69-46-51(72-55(63)37-33-31-29-27-25-23-21-19-17-15-13-11-9-7-5-2)47-71-73(65,66)70-42-39-57-52(60)48-68-44-43-67-41-34-35-50(59)38-40-58-53(61)45-49(3)56(58)64/h49,51H,4-48H2,1-3H3,(H,57,60)(H,65,66)/p-1. The van der Waals surface area contributed by atoms with Gasteiger partial charge in [-0.2, -0.15) is 0 Å². The molecule has 1 aliphatic rings. The van der Waals surface area contributed by atoms with Gasteiger partial charge in [-0.15, -0.1) is 0 Å². The molecule has 0 aliphatic carbocycles.